The van der Waals surface area contributed by atoms with Gasteiger partial charge >= 0.3 is 0 Å². The van der Waals surface area contributed by atoms with Crippen LogP contribution in [0.15, 0.2) is 47.4 Å². The van der Waals surface area contributed by atoms with Crippen molar-refractivity contribution < 1.29 is 22.3 Å². The zero-order valence-electron chi connectivity index (χ0n) is 12.7. The molecule has 0 radical (unpaired) electrons. The van der Waals surface area contributed by atoms with Crippen molar-refractivity contribution in [3.8, 4) is 5.75 Å². The maximum absolute atomic E-state index is 13.8. The molecular formula is C16H16FNO4S. The summed E-state index contributed by atoms with van der Waals surface area (Å²) in [4.78, 5) is 12.2. The molecule has 0 spiro atoms. The van der Waals surface area contributed by atoms with E-state index in [0.717, 1.165) is 12.3 Å². The number of halogens is 1. The quantitative estimate of drug-likeness (QED) is 0.910. The largest absolute Gasteiger partial charge is 0.491 e. The number of nitrogens with one attached hydrogen (secondary N) is 1. The van der Waals surface area contributed by atoms with Gasteiger partial charge in [0.15, 0.2) is 21.4 Å². The highest BCUT2D eigenvalue weighted by molar-refractivity contribution is 7.90. The minimum Gasteiger partial charge on any atom is -0.491 e. The summed E-state index contributed by atoms with van der Waals surface area (Å²) in [7, 11) is -3.41. The minimum atomic E-state index is -3.41. The summed E-state index contributed by atoms with van der Waals surface area (Å²) in [6.45, 7) is 2.07. The fraction of sp³-hybridized carbons (Fsp3) is 0.188. The van der Waals surface area contributed by atoms with Crippen molar-refractivity contribution in [1.82, 2.24) is 0 Å². The molecular weight excluding hydrogens is 321 g/mol. The number of carbonyl (C=O) groups is 1. The average molecular weight is 337 g/mol. The maximum Gasteiger partial charge on any atom is 0.255 e. The molecule has 1 N–H and O–H groups in total. The molecule has 2 aromatic carbocycles. The molecule has 0 fully saturated rings. The molecule has 0 saturated carbocycles. The molecule has 0 aliphatic heterocycles. The van der Waals surface area contributed by atoms with E-state index in [0.29, 0.717) is 6.61 Å². The molecule has 0 saturated heterocycles. The highest BCUT2D eigenvalue weighted by Gasteiger charge is 2.13. The number of ether oxygens (including phenoxy) is 1. The van der Waals surface area contributed by atoms with Gasteiger partial charge in [0.05, 0.1) is 11.5 Å². The zero-order valence-corrected chi connectivity index (χ0v) is 13.5. The normalized spacial score (nSPS) is 11.1. The third-order valence-electron chi connectivity index (χ3n) is 3.01. The zero-order chi connectivity index (χ0) is 17.0. The Balaban J connectivity index is 2.21. The first kappa shape index (κ1) is 17.0. The third kappa shape index (κ3) is 4.29. The smallest absolute Gasteiger partial charge is 0.255 e. The van der Waals surface area contributed by atoms with Crippen molar-refractivity contribution in [2.24, 2.45) is 0 Å². The Hall–Kier alpha value is -2.41. The number of carbonyl (C=O) groups excluding carboxylic acids is 1. The SMILES string of the molecule is CCOc1ccc(NC(=O)c2cccc(S(C)(=O)=O)c2)cc1F. The summed E-state index contributed by atoms with van der Waals surface area (Å²) < 4.78 is 41.9. The summed E-state index contributed by atoms with van der Waals surface area (Å²) in [5, 5.41) is 2.52. The van der Waals surface area contributed by atoms with Crippen LogP contribution in [0, 0.1) is 5.82 Å². The summed E-state index contributed by atoms with van der Waals surface area (Å²) >= 11 is 0. The lowest BCUT2D eigenvalue weighted by atomic mass is 10.2. The number of amides is 1. The number of hydrogen-bond donors (Lipinski definition) is 1. The standard InChI is InChI=1S/C16H16FNO4S/c1-3-22-15-8-7-12(10-14(15)17)18-16(19)11-5-4-6-13(9-11)23(2,20)21/h4-10H,3H2,1-2H3,(H,18,19). The van der Waals surface area contributed by atoms with Crippen molar-refractivity contribution in [2.75, 3.05) is 18.2 Å². The van der Waals surface area contributed by atoms with Gasteiger partial charge in [0.25, 0.3) is 5.91 Å². The summed E-state index contributed by atoms with van der Waals surface area (Å²) in [6.07, 6.45) is 1.06. The van der Waals surface area contributed by atoms with Gasteiger partial charge in [0.2, 0.25) is 0 Å². The summed E-state index contributed by atoms with van der Waals surface area (Å²) in [6, 6.07) is 9.70. The number of anilines is 1. The number of sulfone groups is 1. The van der Waals surface area contributed by atoms with E-state index in [9.17, 15) is 17.6 Å². The number of rotatable bonds is 5. The van der Waals surface area contributed by atoms with Crippen LogP contribution < -0.4 is 10.1 Å². The van der Waals surface area contributed by atoms with Gasteiger partial charge in [-0.15, -0.1) is 0 Å². The first-order valence-corrected chi connectivity index (χ1v) is 8.74. The fourth-order valence-corrected chi connectivity index (χ4v) is 2.59. The van der Waals surface area contributed by atoms with Crippen LogP contribution in [0.3, 0.4) is 0 Å². The molecule has 1 amide bonds. The van der Waals surface area contributed by atoms with E-state index < -0.39 is 21.6 Å². The molecule has 0 unspecified atom stereocenters. The van der Waals surface area contributed by atoms with Crippen molar-refractivity contribution in [3.63, 3.8) is 0 Å². The molecule has 23 heavy (non-hydrogen) atoms. The van der Waals surface area contributed by atoms with Gasteiger partial charge in [0, 0.05) is 23.6 Å². The second-order valence-corrected chi connectivity index (χ2v) is 6.85. The van der Waals surface area contributed by atoms with Crippen LogP contribution in [-0.4, -0.2) is 27.2 Å². The van der Waals surface area contributed by atoms with Crippen LogP contribution >= 0.6 is 0 Å². The molecule has 2 aromatic rings. The molecule has 0 atom stereocenters. The molecule has 122 valence electrons. The van der Waals surface area contributed by atoms with Gasteiger partial charge in [-0.05, 0) is 37.3 Å². The highest BCUT2D eigenvalue weighted by atomic mass is 32.2. The predicted octanol–water partition coefficient (Wildman–Crippen LogP) is 2.88. The Morgan fingerprint density at radius 3 is 2.57 bits per heavy atom. The van der Waals surface area contributed by atoms with Crippen LogP contribution in [0.5, 0.6) is 5.75 Å². The summed E-state index contributed by atoms with van der Waals surface area (Å²) in [5.74, 6) is -1.02. The van der Waals surface area contributed by atoms with E-state index in [2.05, 4.69) is 5.32 Å². The second-order valence-electron chi connectivity index (χ2n) is 4.83. The second kappa shape index (κ2) is 6.78. The Morgan fingerprint density at radius 2 is 1.96 bits per heavy atom. The van der Waals surface area contributed by atoms with Gasteiger partial charge in [-0.25, -0.2) is 12.8 Å². The van der Waals surface area contributed by atoms with Crippen LogP contribution in [0.25, 0.3) is 0 Å². The molecule has 0 aliphatic rings. The highest BCUT2D eigenvalue weighted by Crippen LogP contribution is 2.22. The van der Waals surface area contributed by atoms with Crippen LogP contribution in [0.4, 0.5) is 10.1 Å². The Bertz CT molecular complexity index is 834. The lowest BCUT2D eigenvalue weighted by molar-refractivity contribution is 0.102. The minimum absolute atomic E-state index is 0.0445. The first-order valence-electron chi connectivity index (χ1n) is 6.85. The van der Waals surface area contributed by atoms with Crippen molar-refractivity contribution in [3.05, 3.63) is 53.8 Å². The predicted molar refractivity (Wildman–Crippen MR) is 85.1 cm³/mol. The van der Waals surface area contributed by atoms with Crippen LogP contribution in [0.1, 0.15) is 17.3 Å². The number of hydrogen-bond acceptors (Lipinski definition) is 4. The van der Waals surface area contributed by atoms with Gasteiger partial charge in [-0.1, -0.05) is 6.07 Å². The van der Waals surface area contributed by atoms with Gasteiger partial charge in [-0.2, -0.15) is 0 Å². The van der Waals surface area contributed by atoms with Crippen molar-refractivity contribution >= 4 is 21.4 Å². The van der Waals surface area contributed by atoms with Crippen LogP contribution in [-0.2, 0) is 9.84 Å². The van der Waals surface area contributed by atoms with Crippen molar-refractivity contribution in [1.29, 1.82) is 0 Å². The van der Waals surface area contributed by atoms with E-state index in [1.807, 2.05) is 0 Å². The fourth-order valence-electron chi connectivity index (χ4n) is 1.92. The molecule has 2 rings (SSSR count). The monoisotopic (exact) mass is 337 g/mol. The number of benzene rings is 2. The van der Waals surface area contributed by atoms with Gasteiger partial charge in [0.1, 0.15) is 0 Å². The van der Waals surface area contributed by atoms with Crippen LogP contribution in [0.2, 0.25) is 0 Å². The average Bonchev–Trinajstić information content (AvgIpc) is 2.49. The topological polar surface area (TPSA) is 72.5 Å². The van der Waals surface area contributed by atoms with E-state index in [-0.39, 0.29) is 21.9 Å². The maximum atomic E-state index is 13.8. The first-order chi connectivity index (χ1) is 10.8. The lowest BCUT2D eigenvalue weighted by Crippen LogP contribution is -2.13. The van der Waals surface area contributed by atoms with Crippen molar-refractivity contribution in [2.45, 2.75) is 11.8 Å². The van der Waals surface area contributed by atoms with E-state index >= 15 is 0 Å². The molecule has 7 heteroatoms. The molecule has 0 heterocycles. The lowest BCUT2D eigenvalue weighted by Gasteiger charge is -2.09. The van der Waals surface area contributed by atoms with E-state index in [1.54, 1.807) is 6.92 Å². The van der Waals surface area contributed by atoms with E-state index in [1.165, 1.54) is 36.4 Å². The van der Waals surface area contributed by atoms with Gasteiger partial charge < -0.3 is 10.1 Å². The van der Waals surface area contributed by atoms with E-state index in [4.69, 9.17) is 4.74 Å². The summed E-state index contributed by atoms with van der Waals surface area (Å²) in [5.41, 5.74) is 0.419. The Kier molecular flexibility index (Phi) is 5.00. The Labute approximate surface area is 134 Å². The molecule has 5 nitrogen and oxygen atoms in total. The molecule has 0 bridgehead atoms. The third-order valence-corrected chi connectivity index (χ3v) is 4.12. The molecule has 0 aromatic heterocycles. The Morgan fingerprint density at radius 1 is 1.22 bits per heavy atom. The molecule has 0 aliphatic carbocycles. The van der Waals surface area contributed by atoms with Gasteiger partial charge in [-0.3, -0.25) is 4.79 Å².